The minimum Gasteiger partial charge on any atom is -0.445 e. The van der Waals surface area contributed by atoms with Crippen molar-refractivity contribution in [3.05, 3.63) is 0 Å². The van der Waals surface area contributed by atoms with E-state index in [0.717, 1.165) is 0 Å². The van der Waals surface area contributed by atoms with Gasteiger partial charge in [0.25, 0.3) is 0 Å². The molecule has 0 aromatic rings. The number of hydrogen-bond acceptors (Lipinski definition) is 0. The summed E-state index contributed by atoms with van der Waals surface area (Å²) in [6, 6.07) is 0. The summed E-state index contributed by atoms with van der Waals surface area (Å²) < 4.78 is 87.8. The van der Waals surface area contributed by atoms with Gasteiger partial charge in [0, 0.05) is 0 Å². The Kier molecular flexibility index (Phi) is 8.84. The molecule has 0 radical (unpaired) electrons. The Bertz CT molecular complexity index is 139. The zero-order valence-electron chi connectivity index (χ0n) is 7.10. The second-order valence-electron chi connectivity index (χ2n) is 1.70. The lowest BCUT2D eigenvalue weighted by Crippen LogP contribution is -2.53. The Morgan fingerprint density at radius 1 is 0.714 bits per heavy atom. The first-order valence-corrected chi connectivity index (χ1v) is 2.14. The second kappa shape index (κ2) is 5.31. The minimum absolute atomic E-state index is 0. The van der Waals surface area contributed by atoms with E-state index in [1.165, 1.54) is 0 Å². The summed E-state index contributed by atoms with van der Waals surface area (Å²) in [5.74, 6) is -6.56. The van der Waals surface area contributed by atoms with E-state index in [9.17, 15) is 34.9 Å². The lowest BCUT2D eigenvalue weighted by Gasteiger charge is -2.28. The SMILES string of the molecule is F[B-](F)(F)C(F)(F)C(F)(F)F.O.O.O.[H+]. The van der Waals surface area contributed by atoms with Crippen LogP contribution in [0.2, 0.25) is 0 Å². The molecular weight excluding hydrogens is 235 g/mol. The number of hydrogen-bond donors (Lipinski definition) is 0. The van der Waals surface area contributed by atoms with Crippen molar-refractivity contribution in [2.24, 2.45) is 0 Å². The molecule has 0 aliphatic carbocycles. The number of halogens is 8. The quantitative estimate of drug-likeness (QED) is 0.464. The van der Waals surface area contributed by atoms with Crippen molar-refractivity contribution in [1.29, 1.82) is 0 Å². The third-order valence-electron chi connectivity index (χ3n) is 0.789. The molecule has 3 nitrogen and oxygen atoms in total. The molecule has 0 atom stereocenters. The van der Waals surface area contributed by atoms with Crippen LogP contribution in [-0.2, 0) is 0 Å². The van der Waals surface area contributed by atoms with Gasteiger partial charge in [0.05, 0.1) is 0 Å². The fourth-order valence-electron chi connectivity index (χ4n) is 0.186. The van der Waals surface area contributed by atoms with Crippen molar-refractivity contribution in [1.82, 2.24) is 0 Å². The van der Waals surface area contributed by atoms with E-state index in [4.69, 9.17) is 0 Å². The van der Waals surface area contributed by atoms with Crippen LogP contribution in [0.5, 0.6) is 0 Å². The molecule has 92 valence electrons. The van der Waals surface area contributed by atoms with Gasteiger partial charge in [0.15, 0.2) is 0 Å². The van der Waals surface area contributed by atoms with E-state index < -0.39 is 19.0 Å². The van der Waals surface area contributed by atoms with Crippen LogP contribution in [0.1, 0.15) is 1.43 Å². The largest absolute Gasteiger partial charge is 1.00 e. The van der Waals surface area contributed by atoms with Crippen molar-refractivity contribution in [2.45, 2.75) is 12.0 Å². The van der Waals surface area contributed by atoms with Gasteiger partial charge in [-0.1, -0.05) is 0 Å². The van der Waals surface area contributed by atoms with Gasteiger partial charge in [-0.25, -0.2) is 8.78 Å². The molecule has 0 amide bonds. The van der Waals surface area contributed by atoms with E-state index in [0.29, 0.717) is 0 Å². The van der Waals surface area contributed by atoms with Gasteiger partial charge in [-0.3, -0.25) is 0 Å². The maximum absolute atomic E-state index is 11.2. The molecule has 0 heterocycles. The van der Waals surface area contributed by atoms with Crippen molar-refractivity contribution in [3.8, 4) is 0 Å². The monoisotopic (exact) mass is 242 g/mol. The Hall–Kier alpha value is -0.615. The van der Waals surface area contributed by atoms with Crippen molar-refractivity contribution in [3.63, 3.8) is 0 Å². The van der Waals surface area contributed by atoms with Crippen LogP contribution in [-0.4, -0.2) is 35.4 Å². The molecule has 0 aromatic heterocycles. The highest BCUT2D eigenvalue weighted by atomic mass is 19.4. The smallest absolute Gasteiger partial charge is 0.445 e. The third-order valence-corrected chi connectivity index (χ3v) is 0.789. The minimum atomic E-state index is -7.21. The predicted molar refractivity (Wildman–Crippen MR) is 32.0 cm³/mol. The van der Waals surface area contributed by atoms with Crippen molar-refractivity contribution < 1.29 is 52.8 Å². The molecule has 0 bridgehead atoms. The summed E-state index contributed by atoms with van der Waals surface area (Å²) in [4.78, 5) is 0. The van der Waals surface area contributed by atoms with Crippen LogP contribution in [0.4, 0.5) is 34.9 Å². The second-order valence-corrected chi connectivity index (χ2v) is 1.70. The zero-order chi connectivity index (χ0) is 9.50. The summed E-state index contributed by atoms with van der Waals surface area (Å²) in [6.07, 6.45) is -6.55. The standard InChI is InChI=1S/C2BF8.3H2O/c4-1(5,2(6,7)8)3(9,10)11;;;/h;3*1H2/q-1;;;/p+1. The highest BCUT2D eigenvalue weighted by molar-refractivity contribution is 6.61. The molecule has 0 saturated heterocycles. The van der Waals surface area contributed by atoms with Gasteiger partial charge >= 0.3 is 20.4 Å². The number of rotatable bonds is 1. The molecule has 14 heavy (non-hydrogen) atoms. The Labute approximate surface area is 73.2 Å². The number of alkyl halides is 5. The molecule has 0 unspecified atom stereocenters. The van der Waals surface area contributed by atoms with Gasteiger partial charge in [0.2, 0.25) is 0 Å². The Morgan fingerprint density at radius 2 is 0.929 bits per heavy atom. The van der Waals surface area contributed by atoms with Crippen LogP contribution >= 0.6 is 0 Å². The molecule has 0 spiro atoms. The van der Waals surface area contributed by atoms with Crippen molar-refractivity contribution in [2.75, 3.05) is 0 Å². The molecule has 0 aliphatic rings. The van der Waals surface area contributed by atoms with Crippen LogP contribution in [0.15, 0.2) is 0 Å². The highest BCUT2D eigenvalue weighted by Crippen LogP contribution is 2.43. The molecule has 0 saturated carbocycles. The average molecular weight is 242 g/mol. The highest BCUT2D eigenvalue weighted by Gasteiger charge is 2.69. The fourth-order valence-corrected chi connectivity index (χ4v) is 0.186. The van der Waals surface area contributed by atoms with Crippen LogP contribution in [0.25, 0.3) is 0 Å². The molecule has 6 N–H and O–H groups in total. The summed E-state index contributed by atoms with van der Waals surface area (Å²) >= 11 is 0. The normalized spacial score (nSPS) is 12.0. The summed E-state index contributed by atoms with van der Waals surface area (Å²) in [5, 5.41) is 0. The lowest BCUT2D eigenvalue weighted by molar-refractivity contribution is -0.256. The molecular formula is C2H7BF8O3. The van der Waals surface area contributed by atoms with Crippen LogP contribution < -0.4 is 0 Å². The first-order chi connectivity index (χ1) is 4.50. The van der Waals surface area contributed by atoms with Gasteiger partial charge in [-0.05, 0) is 0 Å². The van der Waals surface area contributed by atoms with E-state index in [2.05, 4.69) is 0 Å². The predicted octanol–water partition coefficient (Wildman–Crippen LogP) is 0.209. The summed E-state index contributed by atoms with van der Waals surface area (Å²) in [7, 11) is 0. The van der Waals surface area contributed by atoms with Gasteiger partial charge in [-0.15, -0.1) is 0 Å². The molecule has 0 rings (SSSR count). The maximum Gasteiger partial charge on any atom is 1.00 e. The van der Waals surface area contributed by atoms with Gasteiger partial charge in [0.1, 0.15) is 0 Å². The van der Waals surface area contributed by atoms with Gasteiger partial charge in [-0.2, -0.15) is 13.2 Å². The first-order valence-electron chi connectivity index (χ1n) is 2.14. The van der Waals surface area contributed by atoms with Crippen molar-refractivity contribution >= 4 is 6.98 Å². The summed E-state index contributed by atoms with van der Waals surface area (Å²) in [5.41, 5.74) is 0. The zero-order valence-corrected chi connectivity index (χ0v) is 6.10. The topological polar surface area (TPSA) is 94.5 Å². The fraction of sp³-hybridized carbons (Fsp3) is 1.00. The molecule has 12 heteroatoms. The molecule has 0 aliphatic heterocycles. The molecule has 0 aromatic carbocycles. The van der Waals surface area contributed by atoms with E-state index in [1.807, 2.05) is 0 Å². The average Bonchev–Trinajstić information content (AvgIpc) is 1.58. The van der Waals surface area contributed by atoms with E-state index in [1.54, 1.807) is 0 Å². The van der Waals surface area contributed by atoms with Crippen LogP contribution in [0, 0.1) is 0 Å². The third kappa shape index (κ3) is 4.06. The first kappa shape index (κ1) is 23.3. The van der Waals surface area contributed by atoms with E-state index in [-0.39, 0.29) is 17.9 Å². The Morgan fingerprint density at radius 3 is 0.929 bits per heavy atom. The summed E-state index contributed by atoms with van der Waals surface area (Å²) in [6.45, 7) is -7.21. The van der Waals surface area contributed by atoms with E-state index >= 15 is 0 Å². The lowest BCUT2D eigenvalue weighted by atomic mass is 9.80. The molecule has 0 fully saturated rings. The Balaban J connectivity index is -0.0000000833. The van der Waals surface area contributed by atoms with Gasteiger partial charge < -0.3 is 29.4 Å². The van der Waals surface area contributed by atoms with Crippen LogP contribution in [0.3, 0.4) is 0 Å². The maximum atomic E-state index is 11.2.